The molecule has 3 aromatic carbocycles. The summed E-state index contributed by atoms with van der Waals surface area (Å²) in [5.41, 5.74) is 2.41. The Morgan fingerprint density at radius 1 is 1.00 bits per heavy atom. The van der Waals surface area contributed by atoms with Crippen molar-refractivity contribution in [2.24, 2.45) is 10.1 Å². The predicted octanol–water partition coefficient (Wildman–Crippen LogP) is 6.83. The molecule has 40 heavy (non-hydrogen) atoms. The van der Waals surface area contributed by atoms with E-state index in [0.717, 1.165) is 11.3 Å². The molecule has 1 N–H and O–H groups in total. The van der Waals surface area contributed by atoms with Gasteiger partial charge in [-0.05, 0) is 73.1 Å². The van der Waals surface area contributed by atoms with Crippen molar-refractivity contribution in [3.05, 3.63) is 93.0 Å². The molecule has 11 heteroatoms. The van der Waals surface area contributed by atoms with Gasteiger partial charge in [0, 0.05) is 5.56 Å². The smallest absolute Gasteiger partial charge is 0.283 e. The van der Waals surface area contributed by atoms with Gasteiger partial charge in [0.25, 0.3) is 5.91 Å². The number of benzene rings is 3. The maximum Gasteiger partial charge on any atom is 0.283 e. The van der Waals surface area contributed by atoms with Crippen molar-refractivity contribution >= 4 is 63.0 Å². The Bertz CT molecular complexity index is 1590. The van der Waals surface area contributed by atoms with Gasteiger partial charge in [0.2, 0.25) is 5.17 Å². The van der Waals surface area contributed by atoms with Gasteiger partial charge >= 0.3 is 0 Å². The quantitative estimate of drug-likeness (QED) is 0.215. The summed E-state index contributed by atoms with van der Waals surface area (Å²) in [5.74, 6) is 0.877. The van der Waals surface area contributed by atoms with Crippen LogP contribution in [0.15, 0.2) is 76.3 Å². The Morgan fingerprint density at radius 3 is 2.58 bits per heavy atom. The third-order valence-electron chi connectivity index (χ3n) is 5.79. The highest BCUT2D eigenvalue weighted by Crippen LogP contribution is 2.38. The van der Waals surface area contributed by atoms with Crippen LogP contribution >= 0.6 is 35.0 Å². The maximum absolute atomic E-state index is 12.9. The monoisotopic (exact) mass is 594 g/mol. The van der Waals surface area contributed by atoms with E-state index in [-0.39, 0.29) is 18.0 Å². The van der Waals surface area contributed by atoms with Gasteiger partial charge in [-0.2, -0.15) is 15.1 Å². The first kappa shape index (κ1) is 27.8. The number of aryl methyl sites for hydroxylation is 1. The second-order valence-electron chi connectivity index (χ2n) is 8.68. The second-order valence-corrected chi connectivity index (χ2v) is 10.5. The SMILES string of the molecule is CCOc1cc(/C=C2/C(=N)N3N=C(c4ccccc4Cl)SC3=NC2=O)cc(Cl)c1OCCOc1cccc(C)c1. The Kier molecular flexibility index (Phi) is 8.44. The standard InChI is InChI=1S/C29H24Cl2N4O4S/c1-3-37-24-16-18(15-23(31)25(24)39-12-11-38-19-8-6-7-17(2)13-19)14-21-26(32)35-29(33-27(21)36)40-28(34-35)20-9-4-5-10-22(20)30/h4-10,13-16,32H,3,11-12H2,1-2H3/b21-14-,32-26?. The first-order valence-electron chi connectivity index (χ1n) is 12.4. The number of thioether (sulfide) groups is 1. The lowest BCUT2D eigenvalue weighted by atomic mass is 10.1. The molecule has 0 aliphatic carbocycles. The van der Waals surface area contributed by atoms with Crippen LogP contribution in [0.1, 0.15) is 23.6 Å². The number of hydrogen-bond donors (Lipinski definition) is 1. The van der Waals surface area contributed by atoms with Gasteiger partial charge in [0.05, 0.1) is 22.2 Å². The highest BCUT2D eigenvalue weighted by atomic mass is 35.5. The second kappa shape index (κ2) is 12.2. The first-order valence-corrected chi connectivity index (χ1v) is 13.9. The van der Waals surface area contributed by atoms with Crippen molar-refractivity contribution in [3.8, 4) is 17.2 Å². The molecule has 5 rings (SSSR count). The third kappa shape index (κ3) is 6.01. The molecule has 0 bridgehead atoms. The summed E-state index contributed by atoms with van der Waals surface area (Å²) in [7, 11) is 0. The van der Waals surface area contributed by atoms with Crippen LogP contribution in [-0.2, 0) is 4.79 Å². The van der Waals surface area contributed by atoms with E-state index in [9.17, 15) is 4.79 Å². The fraction of sp³-hybridized carbons (Fsp3) is 0.172. The number of aliphatic imine (C=N–C) groups is 1. The Labute approximate surface area is 245 Å². The van der Waals surface area contributed by atoms with Crippen LogP contribution in [-0.4, -0.2) is 46.8 Å². The zero-order valence-corrected chi connectivity index (χ0v) is 23.9. The highest BCUT2D eigenvalue weighted by molar-refractivity contribution is 8.27. The first-order chi connectivity index (χ1) is 19.3. The molecular formula is C29H24Cl2N4O4S. The van der Waals surface area contributed by atoms with E-state index < -0.39 is 5.91 Å². The molecule has 0 aromatic heterocycles. The summed E-state index contributed by atoms with van der Waals surface area (Å²) < 4.78 is 17.4. The molecule has 0 unspecified atom stereocenters. The lowest BCUT2D eigenvalue weighted by Gasteiger charge is -2.20. The average molecular weight is 596 g/mol. The topological polar surface area (TPSA) is 96.6 Å². The van der Waals surface area contributed by atoms with Gasteiger partial charge in [-0.15, -0.1) is 0 Å². The number of nitrogens with zero attached hydrogens (tertiary/aromatic N) is 3. The van der Waals surface area contributed by atoms with Crippen molar-refractivity contribution in [1.82, 2.24) is 5.01 Å². The van der Waals surface area contributed by atoms with Crippen LogP contribution in [0.3, 0.4) is 0 Å². The predicted molar refractivity (Wildman–Crippen MR) is 160 cm³/mol. The van der Waals surface area contributed by atoms with Crippen molar-refractivity contribution in [1.29, 1.82) is 5.41 Å². The fourth-order valence-electron chi connectivity index (χ4n) is 3.98. The number of carbonyl (C=O) groups excluding carboxylic acids is 1. The number of amides is 1. The molecule has 0 spiro atoms. The minimum absolute atomic E-state index is 0.0623. The van der Waals surface area contributed by atoms with E-state index in [4.69, 9.17) is 42.8 Å². The van der Waals surface area contributed by atoms with Gasteiger partial charge in [0.1, 0.15) is 24.0 Å². The van der Waals surface area contributed by atoms with E-state index in [1.54, 1.807) is 18.2 Å². The normalized spacial score (nSPS) is 15.6. The summed E-state index contributed by atoms with van der Waals surface area (Å²) in [6.45, 7) is 4.78. The number of rotatable bonds is 9. The minimum Gasteiger partial charge on any atom is -0.490 e. The summed E-state index contributed by atoms with van der Waals surface area (Å²) in [5, 5.41) is 16.2. The number of hydrogen-bond acceptors (Lipinski definition) is 7. The summed E-state index contributed by atoms with van der Waals surface area (Å²) in [4.78, 5) is 17.1. The van der Waals surface area contributed by atoms with Crippen molar-refractivity contribution in [2.45, 2.75) is 13.8 Å². The van der Waals surface area contributed by atoms with Crippen molar-refractivity contribution in [2.75, 3.05) is 19.8 Å². The molecule has 3 aromatic rings. The number of carbonyl (C=O) groups is 1. The number of ether oxygens (including phenoxy) is 3. The summed E-state index contributed by atoms with van der Waals surface area (Å²) >= 11 is 14.1. The molecule has 2 heterocycles. The van der Waals surface area contributed by atoms with Gasteiger partial charge in [-0.1, -0.05) is 53.5 Å². The number of hydrazone groups is 1. The molecule has 0 atom stereocenters. The molecule has 204 valence electrons. The maximum atomic E-state index is 12.9. The van der Waals surface area contributed by atoms with Gasteiger partial charge in [-0.3, -0.25) is 10.2 Å². The summed E-state index contributed by atoms with van der Waals surface area (Å²) in [6.07, 6.45) is 1.54. The fourth-order valence-corrected chi connectivity index (χ4v) is 5.47. The van der Waals surface area contributed by atoms with E-state index in [1.165, 1.54) is 22.8 Å². The van der Waals surface area contributed by atoms with Crippen LogP contribution in [0.4, 0.5) is 0 Å². The largest absolute Gasteiger partial charge is 0.490 e. The molecule has 8 nitrogen and oxygen atoms in total. The minimum atomic E-state index is -0.554. The molecular weight excluding hydrogens is 571 g/mol. The number of fused-ring (bicyclic) bond motifs is 1. The number of amidine groups is 2. The Hall–Kier alpha value is -3.79. The zero-order valence-electron chi connectivity index (χ0n) is 21.6. The average Bonchev–Trinajstić information content (AvgIpc) is 3.34. The molecule has 1 amide bonds. The molecule has 0 saturated heterocycles. The Balaban J connectivity index is 1.35. The molecule has 0 saturated carbocycles. The molecule has 2 aliphatic heterocycles. The summed E-state index contributed by atoms with van der Waals surface area (Å²) in [6, 6.07) is 18.3. The highest BCUT2D eigenvalue weighted by Gasteiger charge is 2.36. The van der Waals surface area contributed by atoms with E-state index in [1.807, 2.05) is 56.3 Å². The molecule has 0 radical (unpaired) electrons. The lowest BCUT2D eigenvalue weighted by Crippen LogP contribution is -2.35. The van der Waals surface area contributed by atoms with Gasteiger partial charge in [-0.25, -0.2) is 0 Å². The van der Waals surface area contributed by atoms with Crippen LogP contribution in [0.2, 0.25) is 10.0 Å². The van der Waals surface area contributed by atoms with Crippen LogP contribution in [0, 0.1) is 12.3 Å². The van der Waals surface area contributed by atoms with Crippen LogP contribution in [0.5, 0.6) is 17.2 Å². The van der Waals surface area contributed by atoms with Gasteiger partial charge in [0.15, 0.2) is 17.3 Å². The number of nitrogens with one attached hydrogen (secondary N) is 1. The van der Waals surface area contributed by atoms with Crippen LogP contribution in [0.25, 0.3) is 6.08 Å². The van der Waals surface area contributed by atoms with Gasteiger partial charge < -0.3 is 14.2 Å². The zero-order chi connectivity index (χ0) is 28.2. The Morgan fingerprint density at radius 2 is 1.80 bits per heavy atom. The van der Waals surface area contributed by atoms with E-state index in [0.29, 0.717) is 56.1 Å². The third-order valence-corrected chi connectivity index (χ3v) is 7.34. The van der Waals surface area contributed by atoms with E-state index >= 15 is 0 Å². The van der Waals surface area contributed by atoms with Crippen molar-refractivity contribution < 1.29 is 19.0 Å². The molecule has 2 aliphatic rings. The number of halogens is 2. The van der Waals surface area contributed by atoms with Crippen LogP contribution < -0.4 is 14.2 Å². The molecule has 0 fully saturated rings. The lowest BCUT2D eigenvalue weighted by molar-refractivity contribution is -0.114. The van der Waals surface area contributed by atoms with E-state index in [2.05, 4.69) is 10.1 Å². The van der Waals surface area contributed by atoms with Crippen molar-refractivity contribution in [3.63, 3.8) is 0 Å².